The molecule has 0 radical (unpaired) electrons. The van der Waals surface area contributed by atoms with E-state index in [1.807, 2.05) is 12.3 Å². The minimum Gasteiger partial charge on any atom is -0.463 e. The molecule has 0 fully saturated rings. The highest BCUT2D eigenvalue weighted by Gasteiger charge is 2.20. The van der Waals surface area contributed by atoms with Crippen LogP contribution in [0.3, 0.4) is 0 Å². The molecule has 2 heterocycles. The van der Waals surface area contributed by atoms with Crippen molar-refractivity contribution < 1.29 is 8.83 Å². The molecule has 0 atom stereocenters. The standard InChI is InChI=1S/C46H28O2/c1-3-12-29(13-4-1)31-16-11-17-32(26-31)43-34-18-7-9-20-36(34)44(37-21-10-8-19-35(37)43)33-22-24-41-39(27-33)45-42(48-41)25-23-38-40(28-47-46(38)45)30-14-5-2-6-15-30/h1-28H. The maximum Gasteiger partial charge on any atom is 0.146 e. The Balaban J connectivity index is 1.23. The maximum absolute atomic E-state index is 6.41. The second-order valence-electron chi connectivity index (χ2n) is 12.4. The summed E-state index contributed by atoms with van der Waals surface area (Å²) < 4.78 is 12.7. The first-order valence-electron chi connectivity index (χ1n) is 16.3. The summed E-state index contributed by atoms with van der Waals surface area (Å²) in [7, 11) is 0. The number of hydrogen-bond donors (Lipinski definition) is 0. The van der Waals surface area contributed by atoms with E-state index in [4.69, 9.17) is 8.83 Å². The van der Waals surface area contributed by atoms with E-state index in [2.05, 4.69) is 158 Å². The zero-order valence-electron chi connectivity index (χ0n) is 26.0. The first-order chi connectivity index (χ1) is 23.8. The lowest BCUT2D eigenvalue weighted by Gasteiger charge is -2.18. The largest absolute Gasteiger partial charge is 0.463 e. The molecule has 48 heavy (non-hydrogen) atoms. The van der Waals surface area contributed by atoms with Gasteiger partial charge in [-0.15, -0.1) is 0 Å². The Bertz CT molecular complexity index is 2760. The molecule has 0 saturated heterocycles. The van der Waals surface area contributed by atoms with Gasteiger partial charge in [-0.1, -0.05) is 133 Å². The van der Waals surface area contributed by atoms with E-state index in [9.17, 15) is 0 Å². The van der Waals surface area contributed by atoms with Gasteiger partial charge < -0.3 is 8.83 Å². The quantitative estimate of drug-likeness (QED) is 0.185. The fourth-order valence-electron chi connectivity index (χ4n) is 7.59. The van der Waals surface area contributed by atoms with Crippen molar-refractivity contribution in [3.05, 3.63) is 170 Å². The van der Waals surface area contributed by atoms with E-state index in [0.29, 0.717) is 0 Å². The molecule has 0 N–H and O–H groups in total. The first kappa shape index (κ1) is 26.8. The third-order valence-electron chi connectivity index (χ3n) is 9.74. The SMILES string of the molecule is c1ccc(-c2cccc(-c3c4ccccc4c(-c4ccc5oc6ccc7c(-c8ccccc8)coc7c6c5c4)c4ccccc34)c2)cc1. The van der Waals surface area contributed by atoms with Gasteiger partial charge in [0, 0.05) is 16.3 Å². The molecule has 2 heteroatoms. The van der Waals surface area contributed by atoms with Crippen LogP contribution in [0.4, 0.5) is 0 Å². The number of furan rings is 2. The molecule has 224 valence electrons. The minimum atomic E-state index is 0.826. The normalized spacial score (nSPS) is 11.8. The van der Waals surface area contributed by atoms with Crippen molar-refractivity contribution in [2.24, 2.45) is 0 Å². The van der Waals surface area contributed by atoms with Crippen molar-refractivity contribution in [3.63, 3.8) is 0 Å². The van der Waals surface area contributed by atoms with Crippen molar-refractivity contribution >= 4 is 54.5 Å². The number of benzene rings is 8. The van der Waals surface area contributed by atoms with Crippen LogP contribution in [0.25, 0.3) is 99.0 Å². The van der Waals surface area contributed by atoms with Gasteiger partial charge in [0.15, 0.2) is 0 Å². The molecule has 10 rings (SSSR count). The van der Waals surface area contributed by atoms with E-state index in [1.165, 1.54) is 49.4 Å². The predicted molar refractivity (Wildman–Crippen MR) is 200 cm³/mol. The zero-order chi connectivity index (χ0) is 31.6. The van der Waals surface area contributed by atoms with Crippen LogP contribution in [-0.2, 0) is 0 Å². The van der Waals surface area contributed by atoms with Gasteiger partial charge in [-0.2, -0.15) is 0 Å². The average molecular weight is 613 g/mol. The van der Waals surface area contributed by atoms with E-state index in [-0.39, 0.29) is 0 Å². The van der Waals surface area contributed by atoms with Gasteiger partial charge in [-0.25, -0.2) is 0 Å². The molecule has 0 aliphatic carbocycles. The monoisotopic (exact) mass is 612 g/mol. The predicted octanol–water partition coefficient (Wildman–Crippen LogP) is 13.3. The Kier molecular flexibility index (Phi) is 5.91. The fraction of sp³-hybridized carbons (Fsp3) is 0. The van der Waals surface area contributed by atoms with Gasteiger partial charge in [-0.05, 0) is 90.8 Å². The maximum atomic E-state index is 6.41. The summed E-state index contributed by atoms with van der Waals surface area (Å²) in [5.41, 5.74) is 12.0. The molecule has 0 saturated carbocycles. The van der Waals surface area contributed by atoms with Crippen molar-refractivity contribution in [2.75, 3.05) is 0 Å². The summed E-state index contributed by atoms with van der Waals surface area (Å²) in [6.07, 6.45) is 1.87. The Labute approximate surface area is 277 Å². The van der Waals surface area contributed by atoms with Crippen LogP contribution in [0.1, 0.15) is 0 Å². The molecule has 0 amide bonds. The van der Waals surface area contributed by atoms with Gasteiger partial charge >= 0.3 is 0 Å². The van der Waals surface area contributed by atoms with Crippen LogP contribution in [0.2, 0.25) is 0 Å². The lowest BCUT2D eigenvalue weighted by molar-refractivity contribution is 0.619. The summed E-state index contributed by atoms with van der Waals surface area (Å²) in [6.45, 7) is 0. The lowest BCUT2D eigenvalue weighted by atomic mass is 9.85. The summed E-state index contributed by atoms with van der Waals surface area (Å²) >= 11 is 0. The van der Waals surface area contributed by atoms with Gasteiger partial charge in [0.1, 0.15) is 16.7 Å². The van der Waals surface area contributed by atoms with Crippen molar-refractivity contribution in [2.45, 2.75) is 0 Å². The molecule has 8 aromatic carbocycles. The summed E-state index contributed by atoms with van der Waals surface area (Å²) in [5, 5.41) is 8.05. The topological polar surface area (TPSA) is 26.3 Å². The van der Waals surface area contributed by atoms with E-state index < -0.39 is 0 Å². The Morgan fingerprint density at radius 3 is 1.54 bits per heavy atom. The number of fused-ring (bicyclic) bond motifs is 7. The van der Waals surface area contributed by atoms with Gasteiger partial charge in [-0.3, -0.25) is 0 Å². The van der Waals surface area contributed by atoms with Crippen LogP contribution in [-0.4, -0.2) is 0 Å². The van der Waals surface area contributed by atoms with Gasteiger partial charge in [0.25, 0.3) is 0 Å². The highest BCUT2D eigenvalue weighted by molar-refractivity contribution is 6.23. The smallest absolute Gasteiger partial charge is 0.146 e. The van der Waals surface area contributed by atoms with E-state index in [0.717, 1.165) is 49.6 Å². The van der Waals surface area contributed by atoms with Crippen LogP contribution in [0, 0.1) is 0 Å². The molecule has 2 nitrogen and oxygen atoms in total. The highest BCUT2D eigenvalue weighted by atomic mass is 16.3. The van der Waals surface area contributed by atoms with Crippen LogP contribution < -0.4 is 0 Å². The lowest BCUT2D eigenvalue weighted by Crippen LogP contribution is -1.91. The van der Waals surface area contributed by atoms with E-state index in [1.54, 1.807) is 0 Å². The summed E-state index contributed by atoms with van der Waals surface area (Å²) in [5.74, 6) is 0. The van der Waals surface area contributed by atoms with Gasteiger partial charge in [0.05, 0.1) is 11.6 Å². The molecule has 0 aliphatic heterocycles. The zero-order valence-corrected chi connectivity index (χ0v) is 26.0. The third-order valence-corrected chi connectivity index (χ3v) is 9.74. The van der Waals surface area contributed by atoms with E-state index >= 15 is 0 Å². The molecular weight excluding hydrogens is 585 g/mol. The minimum absolute atomic E-state index is 0.826. The molecule has 0 spiro atoms. The molecule has 0 bridgehead atoms. The second kappa shape index (κ2) is 10.6. The summed E-state index contributed by atoms with van der Waals surface area (Å²) in [6, 6.07) is 58.4. The van der Waals surface area contributed by atoms with Crippen LogP contribution in [0.15, 0.2) is 179 Å². The Morgan fingerprint density at radius 1 is 0.333 bits per heavy atom. The Morgan fingerprint density at radius 2 is 0.875 bits per heavy atom. The number of hydrogen-bond acceptors (Lipinski definition) is 2. The second-order valence-corrected chi connectivity index (χ2v) is 12.4. The van der Waals surface area contributed by atoms with Crippen LogP contribution >= 0.6 is 0 Å². The molecule has 10 aromatic rings. The molecule has 2 aromatic heterocycles. The highest BCUT2D eigenvalue weighted by Crippen LogP contribution is 2.46. The van der Waals surface area contributed by atoms with Crippen LogP contribution in [0.5, 0.6) is 0 Å². The molecular formula is C46H28O2. The fourth-order valence-corrected chi connectivity index (χ4v) is 7.59. The Hall–Kier alpha value is -6.38. The summed E-state index contributed by atoms with van der Waals surface area (Å²) in [4.78, 5) is 0. The average Bonchev–Trinajstić information content (AvgIpc) is 3.76. The first-order valence-corrected chi connectivity index (χ1v) is 16.3. The molecule has 0 aliphatic rings. The van der Waals surface area contributed by atoms with Crippen molar-refractivity contribution in [1.82, 2.24) is 0 Å². The van der Waals surface area contributed by atoms with Gasteiger partial charge in [0.2, 0.25) is 0 Å². The molecule has 0 unspecified atom stereocenters. The van der Waals surface area contributed by atoms with Crippen molar-refractivity contribution in [1.29, 1.82) is 0 Å². The number of rotatable bonds is 4. The van der Waals surface area contributed by atoms with Crippen molar-refractivity contribution in [3.8, 4) is 44.5 Å². The third kappa shape index (κ3) is 4.06.